The van der Waals surface area contributed by atoms with E-state index in [1.807, 2.05) is 6.92 Å². The van der Waals surface area contributed by atoms with E-state index in [1.165, 1.54) is 16.9 Å². The number of carbonyl (C=O) groups excluding carboxylic acids is 1. The highest BCUT2D eigenvalue weighted by Gasteiger charge is 2.16. The van der Waals surface area contributed by atoms with Crippen molar-refractivity contribution in [2.24, 2.45) is 4.99 Å². The summed E-state index contributed by atoms with van der Waals surface area (Å²) in [7, 11) is 0. The van der Waals surface area contributed by atoms with Crippen LogP contribution in [0.3, 0.4) is 0 Å². The van der Waals surface area contributed by atoms with Crippen molar-refractivity contribution >= 4 is 17.9 Å². The Balaban J connectivity index is 2.44. The number of benzene rings is 1. The predicted molar refractivity (Wildman–Crippen MR) is 111 cm³/mol. The van der Waals surface area contributed by atoms with Gasteiger partial charge in [0.05, 0.1) is 17.9 Å². The lowest BCUT2D eigenvalue weighted by Gasteiger charge is -2.13. The van der Waals surface area contributed by atoms with Gasteiger partial charge in [-0.1, -0.05) is 19.4 Å². The van der Waals surface area contributed by atoms with Crippen LogP contribution in [0.2, 0.25) is 0 Å². The number of hydrogen-bond donors (Lipinski definition) is 1. The molecular weight excluding hydrogens is 374 g/mol. The zero-order valence-electron chi connectivity index (χ0n) is 16.6. The van der Waals surface area contributed by atoms with Crippen LogP contribution in [0.4, 0.5) is 5.69 Å². The zero-order chi connectivity index (χ0) is 21.4. The summed E-state index contributed by atoms with van der Waals surface area (Å²) >= 11 is 0. The number of rotatable bonds is 9. The first-order valence-electron chi connectivity index (χ1n) is 9.43. The second-order valence-corrected chi connectivity index (χ2v) is 6.26. The van der Waals surface area contributed by atoms with Crippen molar-refractivity contribution in [2.75, 3.05) is 6.61 Å². The number of carbonyl (C=O) groups is 1. The van der Waals surface area contributed by atoms with Gasteiger partial charge < -0.3 is 9.84 Å². The normalized spacial score (nSPS) is 11.0. The van der Waals surface area contributed by atoms with Crippen molar-refractivity contribution in [1.82, 2.24) is 9.13 Å². The fourth-order valence-electron chi connectivity index (χ4n) is 2.67. The van der Waals surface area contributed by atoms with Crippen LogP contribution in [0.5, 0.6) is 5.88 Å². The lowest BCUT2D eigenvalue weighted by atomic mass is 10.2. The minimum absolute atomic E-state index is 0.0269. The van der Waals surface area contributed by atoms with Crippen LogP contribution >= 0.6 is 0 Å². The van der Waals surface area contributed by atoms with E-state index in [2.05, 4.69) is 11.6 Å². The molecule has 0 saturated carbocycles. The van der Waals surface area contributed by atoms with Crippen LogP contribution in [0, 0.1) is 0 Å². The summed E-state index contributed by atoms with van der Waals surface area (Å²) in [6.07, 6.45) is 4.16. The van der Waals surface area contributed by atoms with Gasteiger partial charge >= 0.3 is 11.7 Å². The first-order chi connectivity index (χ1) is 13.9. The van der Waals surface area contributed by atoms with E-state index >= 15 is 0 Å². The third kappa shape index (κ3) is 5.10. The van der Waals surface area contributed by atoms with Crippen molar-refractivity contribution in [1.29, 1.82) is 0 Å². The van der Waals surface area contributed by atoms with Gasteiger partial charge in [0.2, 0.25) is 5.88 Å². The maximum atomic E-state index is 12.7. The van der Waals surface area contributed by atoms with Crippen LogP contribution in [0.1, 0.15) is 42.6 Å². The topological polar surface area (TPSA) is 103 Å². The van der Waals surface area contributed by atoms with E-state index in [4.69, 9.17) is 4.74 Å². The first-order valence-corrected chi connectivity index (χ1v) is 9.43. The molecule has 2 aromatic rings. The molecule has 0 atom stereocenters. The molecule has 1 heterocycles. The molecule has 154 valence electrons. The Bertz CT molecular complexity index is 1020. The Labute approximate surface area is 168 Å². The van der Waals surface area contributed by atoms with Gasteiger partial charge in [0.25, 0.3) is 5.56 Å². The highest BCUT2D eigenvalue weighted by atomic mass is 16.5. The molecule has 0 fully saturated rings. The molecule has 2 rings (SSSR count). The van der Waals surface area contributed by atoms with E-state index in [9.17, 15) is 19.5 Å². The summed E-state index contributed by atoms with van der Waals surface area (Å²) in [6.45, 7) is 7.85. The molecule has 0 amide bonds. The van der Waals surface area contributed by atoms with Gasteiger partial charge in [0.1, 0.15) is 5.56 Å². The van der Waals surface area contributed by atoms with Gasteiger partial charge in [-0.15, -0.1) is 6.58 Å². The average Bonchev–Trinajstić information content (AvgIpc) is 2.71. The largest absolute Gasteiger partial charge is 0.494 e. The summed E-state index contributed by atoms with van der Waals surface area (Å²) in [5, 5.41) is 10.5. The van der Waals surface area contributed by atoms with Gasteiger partial charge in [0.15, 0.2) is 0 Å². The highest BCUT2D eigenvalue weighted by molar-refractivity contribution is 5.90. The van der Waals surface area contributed by atoms with Crippen molar-refractivity contribution < 1.29 is 14.6 Å². The molecule has 8 nitrogen and oxygen atoms in total. The zero-order valence-corrected chi connectivity index (χ0v) is 16.6. The summed E-state index contributed by atoms with van der Waals surface area (Å²) in [6, 6.07) is 6.30. The molecule has 0 aliphatic carbocycles. The fraction of sp³-hybridized carbons (Fsp3) is 0.333. The second-order valence-electron chi connectivity index (χ2n) is 6.26. The van der Waals surface area contributed by atoms with Gasteiger partial charge in [-0.2, -0.15) is 0 Å². The van der Waals surface area contributed by atoms with Crippen LogP contribution in [0.15, 0.2) is 51.5 Å². The van der Waals surface area contributed by atoms with Crippen molar-refractivity contribution in [2.45, 2.75) is 39.8 Å². The minimum atomic E-state index is -0.646. The van der Waals surface area contributed by atoms with E-state index < -0.39 is 23.1 Å². The number of aromatic hydroxyl groups is 1. The standard InChI is InChI=1S/C21H25N3O5/c1-4-7-13-24-19(26)17(18(25)23(12-5-2)21(24)28)14-22-16-10-8-15(9-11-16)20(27)29-6-3/h5,8-11,14,26H,2,4,6-7,12-13H2,1,3H3. The number of allylic oxidation sites excluding steroid dienone is 1. The molecule has 0 unspecified atom stereocenters. The summed E-state index contributed by atoms with van der Waals surface area (Å²) < 4.78 is 7.10. The van der Waals surface area contributed by atoms with Gasteiger partial charge in [-0.05, 0) is 37.6 Å². The summed E-state index contributed by atoms with van der Waals surface area (Å²) in [5.74, 6) is -0.850. The number of ether oxygens (including phenoxy) is 1. The molecule has 0 saturated heterocycles. The van der Waals surface area contributed by atoms with Crippen LogP contribution in [0.25, 0.3) is 0 Å². The Hall–Kier alpha value is -3.42. The van der Waals surface area contributed by atoms with E-state index in [-0.39, 0.29) is 25.3 Å². The molecular formula is C21H25N3O5. The van der Waals surface area contributed by atoms with Crippen LogP contribution in [-0.2, 0) is 17.8 Å². The number of unbranched alkanes of at least 4 members (excludes halogenated alkanes) is 1. The monoisotopic (exact) mass is 399 g/mol. The van der Waals surface area contributed by atoms with Gasteiger partial charge in [-0.3, -0.25) is 18.9 Å². The molecule has 1 aromatic carbocycles. The number of aromatic nitrogens is 2. The summed E-state index contributed by atoms with van der Waals surface area (Å²) in [5.41, 5.74) is -0.464. The molecule has 8 heteroatoms. The molecule has 1 N–H and O–H groups in total. The van der Waals surface area contributed by atoms with Crippen molar-refractivity contribution in [3.8, 4) is 5.88 Å². The van der Waals surface area contributed by atoms with Crippen molar-refractivity contribution in [3.63, 3.8) is 0 Å². The van der Waals surface area contributed by atoms with Gasteiger partial charge in [-0.25, -0.2) is 9.59 Å². The lowest BCUT2D eigenvalue weighted by molar-refractivity contribution is 0.0526. The molecule has 0 bridgehead atoms. The SMILES string of the molecule is C=CCn1c(=O)c(C=Nc2ccc(C(=O)OCC)cc2)c(O)n(CCCC)c1=O. The average molecular weight is 399 g/mol. The Morgan fingerprint density at radius 1 is 1.21 bits per heavy atom. The molecule has 0 aliphatic rings. The predicted octanol–water partition coefficient (Wildman–Crippen LogP) is 2.63. The highest BCUT2D eigenvalue weighted by Crippen LogP contribution is 2.16. The second kappa shape index (κ2) is 10.2. The summed E-state index contributed by atoms with van der Waals surface area (Å²) in [4.78, 5) is 41.1. The maximum Gasteiger partial charge on any atom is 0.338 e. The van der Waals surface area contributed by atoms with Crippen LogP contribution < -0.4 is 11.2 Å². The van der Waals surface area contributed by atoms with E-state index in [0.717, 1.165) is 11.0 Å². The third-order valence-electron chi connectivity index (χ3n) is 4.20. The number of nitrogens with zero attached hydrogens (tertiary/aromatic N) is 3. The van der Waals surface area contributed by atoms with E-state index in [0.29, 0.717) is 17.7 Å². The Morgan fingerprint density at radius 2 is 1.90 bits per heavy atom. The lowest BCUT2D eigenvalue weighted by Crippen LogP contribution is -2.41. The smallest absolute Gasteiger partial charge is 0.338 e. The molecule has 0 spiro atoms. The quantitative estimate of drug-likeness (QED) is 0.397. The maximum absolute atomic E-state index is 12.7. The minimum Gasteiger partial charge on any atom is -0.494 e. The molecule has 29 heavy (non-hydrogen) atoms. The Kier molecular flexibility index (Phi) is 7.70. The van der Waals surface area contributed by atoms with Crippen molar-refractivity contribution in [3.05, 3.63) is 68.9 Å². The molecule has 0 aliphatic heterocycles. The first kappa shape index (κ1) is 21.9. The fourth-order valence-corrected chi connectivity index (χ4v) is 2.67. The molecule has 1 aromatic heterocycles. The number of hydrogen-bond acceptors (Lipinski definition) is 6. The third-order valence-corrected chi connectivity index (χ3v) is 4.20. The number of aliphatic imine (C=N–C) groups is 1. The van der Waals surface area contributed by atoms with Crippen LogP contribution in [-0.4, -0.2) is 33.0 Å². The number of esters is 1. The molecule has 0 radical (unpaired) electrons. The van der Waals surface area contributed by atoms with E-state index in [1.54, 1.807) is 31.2 Å². The van der Waals surface area contributed by atoms with Gasteiger partial charge in [0, 0.05) is 19.3 Å². The Morgan fingerprint density at radius 3 is 2.48 bits per heavy atom.